The van der Waals surface area contributed by atoms with E-state index in [1.807, 2.05) is 30.8 Å². The van der Waals surface area contributed by atoms with Gasteiger partial charge in [-0.3, -0.25) is 5.41 Å². The summed E-state index contributed by atoms with van der Waals surface area (Å²) in [5.74, 6) is 0.121. The fourth-order valence-electron chi connectivity index (χ4n) is 0.997. The molecule has 0 aromatic carbocycles. The maximum Gasteiger partial charge on any atom is 0.139 e. The highest BCUT2D eigenvalue weighted by molar-refractivity contribution is 5.93. The van der Waals surface area contributed by atoms with Crippen LogP contribution in [0.25, 0.3) is 0 Å². The highest BCUT2D eigenvalue weighted by atomic mass is 15.0. The molecule has 0 fully saturated rings. The fraction of sp³-hybridized carbons (Fsp3) is 0.286. The number of nitrogens with one attached hydrogen (secondary N) is 1. The van der Waals surface area contributed by atoms with Gasteiger partial charge in [-0.1, -0.05) is 0 Å². The SMILES string of the molecule is Cc1cc(C(=N)N)n(C)c1. The molecule has 0 radical (unpaired) electrons. The molecule has 0 bridgehead atoms. The summed E-state index contributed by atoms with van der Waals surface area (Å²) >= 11 is 0. The number of nitrogens with zero attached hydrogens (tertiary/aromatic N) is 1. The first-order valence-corrected chi connectivity index (χ1v) is 3.08. The maximum absolute atomic E-state index is 7.15. The van der Waals surface area contributed by atoms with Crippen LogP contribution in [-0.4, -0.2) is 10.4 Å². The van der Waals surface area contributed by atoms with Crippen LogP contribution in [-0.2, 0) is 7.05 Å². The topological polar surface area (TPSA) is 54.8 Å². The molecule has 1 aromatic heterocycles. The molecule has 3 heteroatoms. The molecule has 1 aromatic rings. The summed E-state index contributed by atoms with van der Waals surface area (Å²) in [4.78, 5) is 0. The van der Waals surface area contributed by atoms with Crippen LogP contribution in [0.5, 0.6) is 0 Å². The normalized spacial score (nSPS) is 9.80. The van der Waals surface area contributed by atoms with Crippen molar-refractivity contribution in [3.8, 4) is 0 Å². The predicted octanol–water partition coefficient (Wildman–Crippen LogP) is 0.618. The number of aromatic nitrogens is 1. The summed E-state index contributed by atoms with van der Waals surface area (Å²) < 4.78 is 1.84. The van der Waals surface area contributed by atoms with Crippen LogP contribution in [0, 0.1) is 12.3 Å². The van der Waals surface area contributed by atoms with Crippen LogP contribution in [0.1, 0.15) is 11.3 Å². The zero-order valence-corrected chi connectivity index (χ0v) is 6.18. The average molecular weight is 137 g/mol. The van der Waals surface area contributed by atoms with E-state index in [0.29, 0.717) is 0 Å². The Balaban J connectivity index is 3.15. The van der Waals surface area contributed by atoms with Crippen LogP contribution in [0.2, 0.25) is 0 Å². The molecular formula is C7H11N3. The van der Waals surface area contributed by atoms with E-state index in [1.54, 1.807) is 0 Å². The smallest absolute Gasteiger partial charge is 0.139 e. The Morgan fingerprint density at radius 2 is 2.30 bits per heavy atom. The Morgan fingerprint density at radius 1 is 1.70 bits per heavy atom. The highest BCUT2D eigenvalue weighted by Gasteiger charge is 2.00. The first-order chi connectivity index (χ1) is 4.61. The van der Waals surface area contributed by atoms with Crippen LogP contribution in [0.15, 0.2) is 12.3 Å². The molecule has 3 nitrogen and oxygen atoms in total. The molecule has 0 aliphatic heterocycles. The summed E-state index contributed by atoms with van der Waals surface area (Å²) in [6.07, 6.45) is 1.94. The second-order valence-corrected chi connectivity index (χ2v) is 2.43. The van der Waals surface area contributed by atoms with E-state index in [0.717, 1.165) is 11.3 Å². The van der Waals surface area contributed by atoms with Crippen molar-refractivity contribution in [2.24, 2.45) is 12.8 Å². The van der Waals surface area contributed by atoms with Crippen molar-refractivity contribution in [1.29, 1.82) is 5.41 Å². The lowest BCUT2D eigenvalue weighted by molar-refractivity contribution is 0.908. The molecule has 54 valence electrons. The quantitative estimate of drug-likeness (QED) is 0.432. The van der Waals surface area contributed by atoms with Gasteiger partial charge < -0.3 is 10.3 Å². The Morgan fingerprint density at radius 3 is 2.50 bits per heavy atom. The molecule has 0 saturated carbocycles. The Kier molecular flexibility index (Phi) is 1.49. The lowest BCUT2D eigenvalue weighted by atomic mass is 10.3. The molecular weight excluding hydrogens is 126 g/mol. The Hall–Kier alpha value is -1.25. The Bertz CT molecular complexity index is 260. The van der Waals surface area contributed by atoms with Gasteiger partial charge in [0.25, 0.3) is 0 Å². The van der Waals surface area contributed by atoms with Crippen LogP contribution in [0.4, 0.5) is 0 Å². The third kappa shape index (κ3) is 1.03. The van der Waals surface area contributed by atoms with Gasteiger partial charge in [0.15, 0.2) is 0 Å². The second kappa shape index (κ2) is 2.17. The zero-order chi connectivity index (χ0) is 7.72. The lowest BCUT2D eigenvalue weighted by Crippen LogP contribution is -2.14. The molecule has 0 saturated heterocycles. The van der Waals surface area contributed by atoms with E-state index in [9.17, 15) is 0 Å². The van der Waals surface area contributed by atoms with Crippen molar-refractivity contribution in [3.05, 3.63) is 23.5 Å². The largest absolute Gasteiger partial charge is 0.382 e. The number of nitrogens with two attached hydrogens (primary N) is 1. The van der Waals surface area contributed by atoms with Gasteiger partial charge in [-0.05, 0) is 18.6 Å². The third-order valence-electron chi connectivity index (χ3n) is 1.42. The van der Waals surface area contributed by atoms with Gasteiger partial charge in [0, 0.05) is 13.2 Å². The summed E-state index contributed by atoms with van der Waals surface area (Å²) in [7, 11) is 1.88. The minimum absolute atomic E-state index is 0.121. The van der Waals surface area contributed by atoms with Crippen molar-refractivity contribution in [3.63, 3.8) is 0 Å². The van der Waals surface area contributed by atoms with Crippen LogP contribution in [0.3, 0.4) is 0 Å². The highest BCUT2D eigenvalue weighted by Crippen LogP contribution is 2.03. The first kappa shape index (κ1) is 6.86. The first-order valence-electron chi connectivity index (χ1n) is 3.08. The third-order valence-corrected chi connectivity index (χ3v) is 1.42. The van der Waals surface area contributed by atoms with Crippen molar-refractivity contribution in [1.82, 2.24) is 4.57 Å². The monoisotopic (exact) mass is 137 g/mol. The minimum atomic E-state index is 0.121. The number of nitrogen functional groups attached to an aromatic ring is 1. The fourth-order valence-corrected chi connectivity index (χ4v) is 0.997. The summed E-state index contributed by atoms with van der Waals surface area (Å²) in [6, 6.07) is 1.89. The molecule has 0 amide bonds. The predicted molar refractivity (Wildman–Crippen MR) is 41.2 cm³/mol. The average Bonchev–Trinajstić information content (AvgIpc) is 2.10. The zero-order valence-electron chi connectivity index (χ0n) is 6.18. The van der Waals surface area contributed by atoms with E-state index in [4.69, 9.17) is 11.1 Å². The number of hydrogen-bond acceptors (Lipinski definition) is 1. The van der Waals surface area contributed by atoms with Gasteiger partial charge in [0.1, 0.15) is 5.84 Å². The molecule has 0 unspecified atom stereocenters. The van der Waals surface area contributed by atoms with Gasteiger partial charge >= 0.3 is 0 Å². The summed E-state index contributed by atoms with van der Waals surface area (Å²) in [6.45, 7) is 1.98. The molecule has 0 aliphatic carbocycles. The minimum Gasteiger partial charge on any atom is -0.382 e. The van der Waals surface area contributed by atoms with Crippen LogP contribution < -0.4 is 5.73 Å². The van der Waals surface area contributed by atoms with Gasteiger partial charge in [-0.15, -0.1) is 0 Å². The van der Waals surface area contributed by atoms with E-state index in [2.05, 4.69) is 0 Å². The van der Waals surface area contributed by atoms with Gasteiger partial charge in [-0.2, -0.15) is 0 Å². The lowest BCUT2D eigenvalue weighted by Gasteiger charge is -1.97. The van der Waals surface area contributed by atoms with Crippen molar-refractivity contribution in [2.45, 2.75) is 6.92 Å². The number of aryl methyl sites for hydroxylation is 2. The van der Waals surface area contributed by atoms with Crippen molar-refractivity contribution >= 4 is 5.84 Å². The second-order valence-electron chi connectivity index (χ2n) is 2.43. The standard InChI is InChI=1S/C7H11N3/c1-5-3-6(7(8)9)10(2)4-5/h3-4H,1-2H3,(H3,8,9). The molecule has 0 spiro atoms. The van der Waals surface area contributed by atoms with Crippen LogP contribution >= 0.6 is 0 Å². The van der Waals surface area contributed by atoms with Crippen molar-refractivity contribution < 1.29 is 0 Å². The molecule has 3 N–H and O–H groups in total. The summed E-state index contributed by atoms with van der Waals surface area (Å²) in [5.41, 5.74) is 7.20. The number of rotatable bonds is 1. The summed E-state index contributed by atoms with van der Waals surface area (Å²) in [5, 5.41) is 7.15. The van der Waals surface area contributed by atoms with Gasteiger partial charge in [0.05, 0.1) is 5.69 Å². The van der Waals surface area contributed by atoms with E-state index in [-0.39, 0.29) is 5.84 Å². The van der Waals surface area contributed by atoms with E-state index >= 15 is 0 Å². The number of hydrogen-bond donors (Lipinski definition) is 2. The Labute approximate surface area is 60.0 Å². The molecule has 0 atom stereocenters. The van der Waals surface area contributed by atoms with E-state index in [1.165, 1.54) is 0 Å². The molecule has 1 heterocycles. The molecule has 1 rings (SSSR count). The molecule has 0 aliphatic rings. The van der Waals surface area contributed by atoms with E-state index < -0.39 is 0 Å². The van der Waals surface area contributed by atoms with Crippen molar-refractivity contribution in [2.75, 3.05) is 0 Å². The van der Waals surface area contributed by atoms with Gasteiger partial charge in [0.2, 0.25) is 0 Å². The maximum atomic E-state index is 7.15. The van der Waals surface area contributed by atoms with Gasteiger partial charge in [-0.25, -0.2) is 0 Å². The number of amidine groups is 1. The molecule has 10 heavy (non-hydrogen) atoms.